The smallest absolute Gasteiger partial charge is 0.122 e. The van der Waals surface area contributed by atoms with Crippen LogP contribution in [0.1, 0.15) is 241 Å². The van der Waals surface area contributed by atoms with E-state index in [0.29, 0.717) is 47.3 Å². The van der Waals surface area contributed by atoms with Crippen LogP contribution in [0.2, 0.25) is 0 Å². The van der Waals surface area contributed by atoms with Crippen LogP contribution in [-0.2, 0) is 0 Å². The van der Waals surface area contributed by atoms with Crippen molar-refractivity contribution >= 4 is 34.9 Å². The Morgan fingerprint density at radius 1 is 0.237 bits per heavy atom. The van der Waals surface area contributed by atoms with Gasteiger partial charge in [0.25, 0.3) is 0 Å². The van der Waals surface area contributed by atoms with Gasteiger partial charge in [0, 0.05) is 22.8 Å². The molecule has 0 amide bonds. The summed E-state index contributed by atoms with van der Waals surface area (Å²) in [6, 6.07) is 49.0. The molecule has 0 fully saturated rings. The summed E-state index contributed by atoms with van der Waals surface area (Å²) >= 11 is 0. The Hall–Kier alpha value is -6.52. The maximum absolute atomic E-state index is 2.55. The van der Waals surface area contributed by atoms with Crippen molar-refractivity contribution in [3.63, 3.8) is 0 Å². The van der Waals surface area contributed by atoms with Crippen LogP contribution in [0.3, 0.4) is 0 Å². The Labute approximate surface area is 461 Å². The van der Waals surface area contributed by atoms with Gasteiger partial charge in [0.1, 0.15) is 11.6 Å². The zero-order valence-corrected chi connectivity index (χ0v) is 50.3. The predicted octanol–water partition coefficient (Wildman–Crippen LogP) is 21.5. The van der Waals surface area contributed by atoms with Crippen molar-refractivity contribution in [1.29, 1.82) is 0 Å². The first-order chi connectivity index (χ1) is 36.1. The third-order valence-electron chi connectivity index (χ3n) is 15.8. The lowest BCUT2D eigenvalue weighted by Gasteiger charge is -2.34. The van der Waals surface area contributed by atoms with E-state index in [1.165, 1.54) is 113 Å². The van der Waals surface area contributed by atoms with Gasteiger partial charge in [0.05, 0.1) is 22.7 Å². The maximum atomic E-state index is 2.55. The lowest BCUT2D eigenvalue weighted by atomic mass is 9.91. The third-order valence-corrected chi connectivity index (χ3v) is 15.8. The van der Waals surface area contributed by atoms with Crippen LogP contribution < -0.4 is 19.6 Å². The second kappa shape index (κ2) is 24.2. The summed E-state index contributed by atoms with van der Waals surface area (Å²) in [5.41, 5.74) is 24.1. The van der Waals surface area contributed by atoms with Gasteiger partial charge in [0.2, 0.25) is 0 Å². The average Bonchev–Trinajstić information content (AvgIpc) is 3.77. The molecule has 0 saturated carbocycles. The SMILES string of the molecule is CC1=C(C)N(c2c(C(C)C)cccc2C(C)C)C(=Cc2ccccc2)N1c1c(C(C)C)cccc1C(C)C.CC1=C(C)N(c2c(C(C)C)cccc2C(C)C)C(=Cc2ccccc2)N1c1c(C(C)C)cccc1C(C)C. The third kappa shape index (κ3) is 11.4. The number of benzene rings is 6. The summed E-state index contributed by atoms with van der Waals surface area (Å²) in [7, 11) is 0. The largest absolute Gasteiger partial charge is 0.298 e. The van der Waals surface area contributed by atoms with Gasteiger partial charge in [-0.05, 0) is 143 Å². The summed E-state index contributed by atoms with van der Waals surface area (Å²) in [6.45, 7) is 46.2. The fraction of sp³-hybridized carbons (Fsp3) is 0.389. The molecule has 400 valence electrons. The fourth-order valence-electron chi connectivity index (χ4n) is 11.4. The molecule has 2 aliphatic rings. The quantitative estimate of drug-likeness (QED) is 0.108. The van der Waals surface area contributed by atoms with Gasteiger partial charge in [-0.15, -0.1) is 0 Å². The molecule has 6 aromatic carbocycles. The van der Waals surface area contributed by atoms with Crippen LogP contribution in [0.15, 0.2) is 168 Å². The van der Waals surface area contributed by atoms with Crippen LogP contribution in [0.25, 0.3) is 12.2 Å². The Morgan fingerprint density at radius 3 is 0.566 bits per heavy atom. The second-order valence-corrected chi connectivity index (χ2v) is 23.9. The highest BCUT2D eigenvalue weighted by Gasteiger charge is 2.39. The highest BCUT2D eigenvalue weighted by atomic mass is 15.4. The van der Waals surface area contributed by atoms with Crippen molar-refractivity contribution in [3.8, 4) is 0 Å². The van der Waals surface area contributed by atoms with E-state index in [2.05, 4.69) is 304 Å². The van der Waals surface area contributed by atoms with Crippen molar-refractivity contribution in [3.05, 3.63) is 224 Å². The van der Waals surface area contributed by atoms with Crippen LogP contribution in [0, 0.1) is 0 Å². The highest BCUT2D eigenvalue weighted by Crippen LogP contribution is 2.51. The monoisotopic (exact) mass is 1010 g/mol. The first-order valence-corrected chi connectivity index (χ1v) is 28.7. The molecule has 0 aromatic heterocycles. The predicted molar refractivity (Wildman–Crippen MR) is 334 cm³/mol. The molecular weight excluding hydrogens is 921 g/mol. The van der Waals surface area contributed by atoms with Crippen molar-refractivity contribution < 1.29 is 0 Å². The number of para-hydroxylation sites is 4. The van der Waals surface area contributed by atoms with Crippen LogP contribution in [0.4, 0.5) is 22.7 Å². The molecule has 0 aliphatic carbocycles. The molecule has 0 saturated heterocycles. The zero-order chi connectivity index (χ0) is 55.4. The van der Waals surface area contributed by atoms with E-state index in [1.54, 1.807) is 0 Å². The normalized spacial score (nSPS) is 14.2. The summed E-state index contributed by atoms with van der Waals surface area (Å²) < 4.78 is 0. The molecule has 0 unspecified atom stereocenters. The van der Waals surface area contributed by atoms with E-state index >= 15 is 0 Å². The van der Waals surface area contributed by atoms with E-state index in [4.69, 9.17) is 0 Å². The Balaban J connectivity index is 0.000000221. The van der Waals surface area contributed by atoms with E-state index in [-0.39, 0.29) is 0 Å². The lowest BCUT2D eigenvalue weighted by molar-refractivity contribution is 0.817. The van der Waals surface area contributed by atoms with Crippen molar-refractivity contribution in [2.24, 2.45) is 0 Å². The first-order valence-electron chi connectivity index (χ1n) is 28.7. The van der Waals surface area contributed by atoms with Gasteiger partial charge >= 0.3 is 0 Å². The lowest BCUT2D eigenvalue weighted by Crippen LogP contribution is -2.28. The van der Waals surface area contributed by atoms with Gasteiger partial charge in [-0.3, -0.25) is 19.6 Å². The molecule has 0 atom stereocenters. The Morgan fingerprint density at radius 2 is 0.408 bits per heavy atom. The first kappa shape index (κ1) is 57.2. The number of hydrogen-bond acceptors (Lipinski definition) is 4. The average molecular weight is 1010 g/mol. The van der Waals surface area contributed by atoms with Gasteiger partial charge < -0.3 is 0 Å². The molecular formula is C72H92N4. The van der Waals surface area contributed by atoms with Crippen molar-refractivity contribution in [1.82, 2.24) is 0 Å². The standard InChI is InChI=1S/2C36H46N2/c2*1-23(2)30-18-14-19-31(24(3)4)35(30)37-27(9)28(10)38(34(37)22-29-16-12-11-13-17-29)36-32(25(5)6)20-15-21-33(36)26(7)8/h2*11-26H,1-10H3. The summed E-state index contributed by atoms with van der Waals surface area (Å²) in [5.74, 6) is 5.73. The van der Waals surface area contributed by atoms with Gasteiger partial charge in [0.15, 0.2) is 0 Å². The Bertz CT molecular complexity index is 2620. The minimum absolute atomic E-state index is 0.415. The summed E-state index contributed by atoms with van der Waals surface area (Å²) in [5, 5.41) is 0. The number of hydrogen-bond donors (Lipinski definition) is 0. The molecule has 0 N–H and O–H groups in total. The van der Waals surface area contributed by atoms with Crippen LogP contribution in [0.5, 0.6) is 0 Å². The van der Waals surface area contributed by atoms with Crippen molar-refractivity contribution in [2.45, 2.75) is 186 Å². The molecule has 4 nitrogen and oxygen atoms in total. The number of rotatable bonds is 14. The molecule has 2 heterocycles. The molecule has 0 radical (unpaired) electrons. The minimum atomic E-state index is 0.415. The van der Waals surface area contributed by atoms with Gasteiger partial charge in [-0.25, -0.2) is 0 Å². The van der Waals surface area contributed by atoms with E-state index < -0.39 is 0 Å². The number of allylic oxidation sites excluding steroid dienone is 4. The molecule has 8 rings (SSSR count). The summed E-state index contributed by atoms with van der Waals surface area (Å²) in [4.78, 5) is 10.2. The molecule has 0 spiro atoms. The van der Waals surface area contributed by atoms with Crippen LogP contribution >= 0.6 is 0 Å². The van der Waals surface area contributed by atoms with E-state index in [0.717, 1.165) is 0 Å². The Kier molecular flexibility index (Phi) is 18.2. The molecule has 4 heteroatoms. The van der Waals surface area contributed by atoms with E-state index in [9.17, 15) is 0 Å². The minimum Gasteiger partial charge on any atom is -0.298 e. The maximum Gasteiger partial charge on any atom is 0.122 e. The van der Waals surface area contributed by atoms with E-state index in [1.807, 2.05) is 0 Å². The zero-order valence-electron chi connectivity index (χ0n) is 50.3. The van der Waals surface area contributed by atoms with Gasteiger partial charge in [-0.1, -0.05) is 244 Å². The number of anilines is 4. The highest BCUT2D eigenvalue weighted by molar-refractivity contribution is 5.86. The topological polar surface area (TPSA) is 13.0 Å². The molecule has 2 aliphatic heterocycles. The second-order valence-electron chi connectivity index (χ2n) is 23.9. The van der Waals surface area contributed by atoms with Crippen LogP contribution in [-0.4, -0.2) is 0 Å². The molecule has 0 bridgehead atoms. The van der Waals surface area contributed by atoms with Gasteiger partial charge in [-0.2, -0.15) is 0 Å². The molecule has 76 heavy (non-hydrogen) atoms. The van der Waals surface area contributed by atoms with Crippen molar-refractivity contribution in [2.75, 3.05) is 19.6 Å². The number of nitrogens with zero attached hydrogens (tertiary/aromatic N) is 4. The summed E-state index contributed by atoms with van der Waals surface area (Å²) in [6.07, 6.45) is 4.75. The molecule has 6 aromatic rings. The fourth-order valence-corrected chi connectivity index (χ4v) is 11.4.